The number of allylic oxidation sites excluding steroid dienone is 5. The number of carbonyl (C=O) groups excluding carboxylic acids is 1. The van der Waals surface area contributed by atoms with E-state index in [1.54, 1.807) is 6.08 Å². The van der Waals surface area contributed by atoms with E-state index >= 15 is 0 Å². The van der Waals surface area contributed by atoms with Gasteiger partial charge < -0.3 is 0 Å². The average Bonchev–Trinajstić information content (AvgIpc) is 3.03. The molecular weight excluding hydrogens is 294 g/mol. The zero-order valence-corrected chi connectivity index (χ0v) is 13.0. The first kappa shape index (κ1) is 14.3. The van der Waals surface area contributed by atoms with Gasteiger partial charge in [-0.25, -0.2) is 0 Å². The Morgan fingerprint density at radius 1 is 0.792 bits per heavy atom. The van der Waals surface area contributed by atoms with Gasteiger partial charge in [0, 0.05) is 17.2 Å². The second-order valence-corrected chi connectivity index (χ2v) is 5.65. The second-order valence-electron chi connectivity index (χ2n) is 5.65. The molecule has 0 fully saturated rings. The predicted octanol–water partition coefficient (Wildman–Crippen LogP) is 4.84. The van der Waals surface area contributed by atoms with Crippen LogP contribution < -0.4 is 0 Å². The minimum Gasteiger partial charge on any atom is -0.289 e. The Morgan fingerprint density at radius 3 is 2.50 bits per heavy atom. The summed E-state index contributed by atoms with van der Waals surface area (Å²) in [5.41, 5.74) is 5.26. The number of para-hydroxylation sites is 1. The van der Waals surface area contributed by atoms with Crippen molar-refractivity contribution >= 4 is 28.3 Å². The van der Waals surface area contributed by atoms with Gasteiger partial charge in [0.2, 0.25) is 0 Å². The molecule has 2 nitrogen and oxygen atoms in total. The van der Waals surface area contributed by atoms with Crippen LogP contribution in [-0.2, 0) is 4.79 Å². The van der Waals surface area contributed by atoms with Crippen molar-refractivity contribution in [2.24, 2.45) is 0 Å². The van der Waals surface area contributed by atoms with E-state index in [0.29, 0.717) is 0 Å². The SMILES string of the molecule is O=C1C=CC=C2C1=Cc1ccccc12.c1ccc2ncccc2c1. The predicted molar refractivity (Wildman–Crippen MR) is 98.3 cm³/mol. The van der Waals surface area contributed by atoms with E-state index < -0.39 is 0 Å². The fraction of sp³-hybridized carbons (Fsp3) is 0. The molecule has 0 bridgehead atoms. The lowest BCUT2D eigenvalue weighted by Gasteiger charge is -2.06. The molecule has 0 unspecified atom stereocenters. The molecule has 1 aromatic heterocycles. The van der Waals surface area contributed by atoms with E-state index in [-0.39, 0.29) is 5.78 Å². The number of nitrogens with zero attached hydrogens (tertiary/aromatic N) is 1. The standard InChI is InChI=1S/C13H8O.C9H7N/c14-13-7-3-6-11-10-5-2-1-4-9(10)8-12(11)13;1-2-6-9-8(4-1)5-3-7-10-9/h1-8H;1-7H. The summed E-state index contributed by atoms with van der Waals surface area (Å²) >= 11 is 0. The van der Waals surface area contributed by atoms with Crippen molar-refractivity contribution in [2.75, 3.05) is 0 Å². The summed E-state index contributed by atoms with van der Waals surface area (Å²) in [7, 11) is 0. The minimum atomic E-state index is 0.110. The highest BCUT2D eigenvalue weighted by atomic mass is 16.1. The summed E-state index contributed by atoms with van der Waals surface area (Å²) in [6.45, 7) is 0. The van der Waals surface area contributed by atoms with Crippen molar-refractivity contribution in [1.29, 1.82) is 0 Å². The zero-order chi connectivity index (χ0) is 16.4. The van der Waals surface area contributed by atoms with Gasteiger partial charge in [0.15, 0.2) is 5.78 Å². The molecule has 0 saturated carbocycles. The summed E-state index contributed by atoms with van der Waals surface area (Å²) in [6, 6.07) is 20.2. The second kappa shape index (κ2) is 6.09. The maximum atomic E-state index is 11.5. The smallest absolute Gasteiger partial charge is 0.186 e. The Labute approximate surface area is 140 Å². The highest BCUT2D eigenvalue weighted by Crippen LogP contribution is 2.37. The first-order valence-corrected chi connectivity index (χ1v) is 7.87. The first-order valence-electron chi connectivity index (χ1n) is 7.87. The lowest BCUT2D eigenvalue weighted by Crippen LogP contribution is -2.00. The Kier molecular flexibility index (Phi) is 3.64. The fourth-order valence-electron chi connectivity index (χ4n) is 2.97. The number of fused-ring (bicyclic) bond motifs is 4. The van der Waals surface area contributed by atoms with E-state index in [1.165, 1.54) is 10.9 Å². The number of rotatable bonds is 0. The molecule has 0 amide bonds. The molecule has 0 radical (unpaired) electrons. The maximum Gasteiger partial charge on any atom is 0.186 e. The Morgan fingerprint density at radius 2 is 1.58 bits per heavy atom. The Hall–Kier alpha value is -3.26. The number of pyridine rings is 1. The fourth-order valence-corrected chi connectivity index (χ4v) is 2.97. The highest BCUT2D eigenvalue weighted by molar-refractivity contribution is 6.23. The van der Waals surface area contributed by atoms with Gasteiger partial charge in [0.1, 0.15) is 0 Å². The lowest BCUT2D eigenvalue weighted by atomic mass is 9.96. The third-order valence-corrected chi connectivity index (χ3v) is 4.13. The molecule has 0 spiro atoms. The lowest BCUT2D eigenvalue weighted by molar-refractivity contribution is -0.110. The van der Waals surface area contributed by atoms with Crippen molar-refractivity contribution in [3.8, 4) is 0 Å². The number of ketones is 1. The maximum absolute atomic E-state index is 11.5. The van der Waals surface area contributed by atoms with Gasteiger partial charge in [-0.15, -0.1) is 0 Å². The molecular formula is C22H15NO. The molecule has 24 heavy (non-hydrogen) atoms. The van der Waals surface area contributed by atoms with Crippen LogP contribution in [0.1, 0.15) is 11.1 Å². The van der Waals surface area contributed by atoms with Gasteiger partial charge in [0.25, 0.3) is 0 Å². The molecule has 0 N–H and O–H groups in total. The van der Waals surface area contributed by atoms with E-state index in [1.807, 2.05) is 66.9 Å². The highest BCUT2D eigenvalue weighted by Gasteiger charge is 2.23. The summed E-state index contributed by atoms with van der Waals surface area (Å²) in [4.78, 5) is 15.7. The minimum absolute atomic E-state index is 0.110. The number of hydrogen-bond acceptors (Lipinski definition) is 2. The van der Waals surface area contributed by atoms with Crippen molar-refractivity contribution < 1.29 is 4.79 Å². The van der Waals surface area contributed by atoms with Crippen LogP contribution in [-0.4, -0.2) is 10.8 Å². The van der Waals surface area contributed by atoms with Crippen molar-refractivity contribution in [1.82, 2.24) is 4.98 Å². The number of hydrogen-bond donors (Lipinski definition) is 0. The van der Waals surface area contributed by atoms with Crippen LogP contribution in [0, 0.1) is 0 Å². The molecule has 2 heteroatoms. The van der Waals surface area contributed by atoms with Crippen LogP contribution in [0.25, 0.3) is 22.6 Å². The monoisotopic (exact) mass is 309 g/mol. The normalized spacial score (nSPS) is 14.2. The zero-order valence-electron chi connectivity index (χ0n) is 13.0. The van der Waals surface area contributed by atoms with Crippen LogP contribution in [0.15, 0.2) is 90.7 Å². The number of benzene rings is 2. The van der Waals surface area contributed by atoms with E-state index in [0.717, 1.165) is 22.2 Å². The molecule has 1 heterocycles. The average molecular weight is 309 g/mol. The third-order valence-electron chi connectivity index (χ3n) is 4.13. The van der Waals surface area contributed by atoms with Gasteiger partial charge in [-0.1, -0.05) is 60.7 Å². The molecule has 0 saturated heterocycles. The first-order chi connectivity index (χ1) is 11.8. The van der Waals surface area contributed by atoms with Crippen LogP contribution in [0.2, 0.25) is 0 Å². The van der Waals surface area contributed by atoms with Crippen molar-refractivity contribution in [3.05, 3.63) is 102 Å². The van der Waals surface area contributed by atoms with Gasteiger partial charge in [-0.2, -0.15) is 0 Å². The van der Waals surface area contributed by atoms with Gasteiger partial charge >= 0.3 is 0 Å². The van der Waals surface area contributed by atoms with E-state index in [2.05, 4.69) is 23.2 Å². The summed E-state index contributed by atoms with van der Waals surface area (Å²) in [5.74, 6) is 0.110. The molecule has 0 atom stereocenters. The van der Waals surface area contributed by atoms with Crippen molar-refractivity contribution in [3.63, 3.8) is 0 Å². The number of carbonyl (C=O) groups is 1. The number of aromatic nitrogens is 1. The molecule has 2 aliphatic rings. The van der Waals surface area contributed by atoms with Crippen LogP contribution in [0.3, 0.4) is 0 Å². The molecule has 0 aliphatic heterocycles. The molecule has 5 rings (SSSR count). The topological polar surface area (TPSA) is 30.0 Å². The van der Waals surface area contributed by atoms with E-state index in [9.17, 15) is 4.79 Å². The van der Waals surface area contributed by atoms with Gasteiger partial charge in [-0.05, 0) is 41.0 Å². The Balaban J connectivity index is 0.000000129. The van der Waals surface area contributed by atoms with Gasteiger partial charge in [0.05, 0.1) is 5.52 Å². The van der Waals surface area contributed by atoms with Crippen molar-refractivity contribution in [2.45, 2.75) is 0 Å². The summed E-state index contributed by atoms with van der Waals surface area (Å²) in [5, 5.41) is 1.20. The molecule has 2 aromatic carbocycles. The third kappa shape index (κ3) is 2.59. The van der Waals surface area contributed by atoms with Gasteiger partial charge in [-0.3, -0.25) is 9.78 Å². The molecule has 3 aromatic rings. The summed E-state index contributed by atoms with van der Waals surface area (Å²) < 4.78 is 0. The largest absolute Gasteiger partial charge is 0.289 e. The quantitative estimate of drug-likeness (QED) is 0.594. The molecule has 2 aliphatic carbocycles. The Bertz CT molecular complexity index is 959. The molecule has 114 valence electrons. The van der Waals surface area contributed by atoms with Crippen LogP contribution in [0.4, 0.5) is 0 Å². The summed E-state index contributed by atoms with van der Waals surface area (Å²) in [6.07, 6.45) is 9.20. The van der Waals surface area contributed by atoms with Crippen LogP contribution >= 0.6 is 0 Å². The van der Waals surface area contributed by atoms with Crippen LogP contribution in [0.5, 0.6) is 0 Å². The van der Waals surface area contributed by atoms with E-state index in [4.69, 9.17) is 0 Å².